The highest BCUT2D eigenvalue weighted by Gasteiger charge is 2.10. The zero-order chi connectivity index (χ0) is 25.9. The molecule has 0 aliphatic rings. The molecule has 36 heavy (non-hydrogen) atoms. The molecule has 0 radical (unpaired) electrons. The first-order valence-electron chi connectivity index (χ1n) is 11.0. The van der Waals surface area contributed by atoms with Crippen LogP contribution in [0.2, 0.25) is 0 Å². The van der Waals surface area contributed by atoms with Crippen LogP contribution in [0.4, 0.5) is 5.95 Å². The molecule has 0 aliphatic heterocycles. The van der Waals surface area contributed by atoms with Crippen LogP contribution in [0.15, 0.2) is 52.9 Å². The van der Waals surface area contributed by atoms with Crippen LogP contribution in [0.1, 0.15) is 37.8 Å². The summed E-state index contributed by atoms with van der Waals surface area (Å²) in [5.41, 5.74) is 4.16. The second-order valence-corrected chi connectivity index (χ2v) is 7.09. The lowest BCUT2D eigenvalue weighted by atomic mass is 10.2. The van der Waals surface area contributed by atoms with Gasteiger partial charge in [-0.15, -0.1) is 10.2 Å². The molecule has 0 spiro atoms. The molecule has 0 saturated heterocycles. The first kappa shape index (κ1) is 25.9. The standard InChI is InChI=1S/C24H26N6O6/c1-5-22(31)35-18-9-7-16(11-20(18)33-3)13-25-28-24-29-26-15-30(24)27-14-17-8-10-19(21(12-17)34-4)36-23(32)6-2/h7-15H,5-6H2,1-4H3,(H,28,29). The van der Waals surface area contributed by atoms with Gasteiger partial charge in [0.1, 0.15) is 6.33 Å². The molecule has 1 N–H and O–H groups in total. The van der Waals surface area contributed by atoms with E-state index in [1.54, 1.807) is 56.5 Å². The van der Waals surface area contributed by atoms with Crippen LogP contribution in [0.25, 0.3) is 0 Å². The van der Waals surface area contributed by atoms with E-state index in [-0.39, 0.29) is 30.7 Å². The fourth-order valence-electron chi connectivity index (χ4n) is 2.77. The molecule has 188 valence electrons. The summed E-state index contributed by atoms with van der Waals surface area (Å²) in [6.45, 7) is 3.42. The summed E-state index contributed by atoms with van der Waals surface area (Å²) in [7, 11) is 2.97. The van der Waals surface area contributed by atoms with Crippen molar-refractivity contribution in [2.24, 2.45) is 10.2 Å². The average Bonchev–Trinajstić information content (AvgIpc) is 3.35. The number of benzene rings is 2. The molecular formula is C24H26N6O6. The molecule has 0 saturated carbocycles. The van der Waals surface area contributed by atoms with E-state index in [4.69, 9.17) is 18.9 Å². The van der Waals surface area contributed by atoms with E-state index in [0.717, 1.165) is 0 Å². The fourth-order valence-corrected chi connectivity index (χ4v) is 2.77. The zero-order valence-electron chi connectivity index (χ0n) is 20.3. The Hall–Kier alpha value is -4.74. The van der Waals surface area contributed by atoms with Gasteiger partial charge in [0.05, 0.1) is 26.6 Å². The second kappa shape index (κ2) is 12.6. The second-order valence-electron chi connectivity index (χ2n) is 7.09. The molecule has 0 bridgehead atoms. The third kappa shape index (κ3) is 6.88. The number of aromatic nitrogens is 3. The molecule has 3 rings (SSSR count). The van der Waals surface area contributed by atoms with Crippen molar-refractivity contribution < 1.29 is 28.5 Å². The Kier molecular flexibility index (Phi) is 9.09. The smallest absolute Gasteiger partial charge is 0.311 e. The third-order valence-electron chi connectivity index (χ3n) is 4.64. The molecule has 0 atom stereocenters. The van der Waals surface area contributed by atoms with Crippen molar-refractivity contribution >= 4 is 30.3 Å². The van der Waals surface area contributed by atoms with Gasteiger partial charge in [-0.3, -0.25) is 9.59 Å². The van der Waals surface area contributed by atoms with Crippen LogP contribution >= 0.6 is 0 Å². The number of hydrogen-bond acceptors (Lipinski definition) is 11. The molecule has 0 fully saturated rings. The molecule has 2 aromatic carbocycles. The summed E-state index contributed by atoms with van der Waals surface area (Å²) in [6, 6.07) is 10.1. The van der Waals surface area contributed by atoms with Crippen LogP contribution in [0.3, 0.4) is 0 Å². The number of rotatable bonds is 11. The van der Waals surface area contributed by atoms with Gasteiger partial charge < -0.3 is 18.9 Å². The Morgan fingerprint density at radius 2 is 1.44 bits per heavy atom. The van der Waals surface area contributed by atoms with E-state index in [1.165, 1.54) is 31.4 Å². The quantitative estimate of drug-likeness (QED) is 0.184. The van der Waals surface area contributed by atoms with Crippen molar-refractivity contribution in [3.8, 4) is 23.0 Å². The number of nitrogens with one attached hydrogen (secondary N) is 1. The highest BCUT2D eigenvalue weighted by atomic mass is 16.6. The maximum Gasteiger partial charge on any atom is 0.311 e. The molecule has 0 amide bonds. The number of anilines is 1. The number of hydrazone groups is 1. The minimum absolute atomic E-state index is 0.255. The number of esters is 2. The molecule has 12 heteroatoms. The largest absolute Gasteiger partial charge is 0.493 e. The average molecular weight is 495 g/mol. The first-order valence-corrected chi connectivity index (χ1v) is 11.0. The third-order valence-corrected chi connectivity index (χ3v) is 4.64. The van der Waals surface area contributed by atoms with Gasteiger partial charge in [0.25, 0.3) is 5.95 Å². The number of ether oxygens (including phenoxy) is 4. The van der Waals surface area contributed by atoms with Crippen LogP contribution in [-0.2, 0) is 9.59 Å². The van der Waals surface area contributed by atoms with Gasteiger partial charge in [-0.1, -0.05) is 13.8 Å². The number of hydrogen-bond donors (Lipinski definition) is 1. The van der Waals surface area contributed by atoms with E-state index in [1.807, 2.05) is 0 Å². The Morgan fingerprint density at radius 1 is 0.889 bits per heavy atom. The molecule has 0 unspecified atom stereocenters. The van der Waals surface area contributed by atoms with Crippen molar-refractivity contribution in [2.75, 3.05) is 19.6 Å². The summed E-state index contributed by atoms with van der Waals surface area (Å²) in [5, 5.41) is 16.3. The molecule has 3 aromatic rings. The normalized spacial score (nSPS) is 11.0. The zero-order valence-corrected chi connectivity index (χ0v) is 20.3. The molecule has 1 heterocycles. The Bertz CT molecular complexity index is 1270. The molecule has 1 aromatic heterocycles. The van der Waals surface area contributed by atoms with Crippen LogP contribution in [0.5, 0.6) is 23.0 Å². The van der Waals surface area contributed by atoms with Crippen LogP contribution < -0.4 is 24.4 Å². The minimum atomic E-state index is -0.357. The van der Waals surface area contributed by atoms with Crippen LogP contribution in [-0.4, -0.2) is 53.5 Å². The molecule has 0 aliphatic carbocycles. The lowest BCUT2D eigenvalue weighted by Gasteiger charge is -2.09. The van der Waals surface area contributed by atoms with E-state index in [9.17, 15) is 9.59 Å². The number of methoxy groups -OCH3 is 2. The number of carbonyl (C=O) groups excluding carboxylic acids is 2. The lowest BCUT2D eigenvalue weighted by Crippen LogP contribution is -2.07. The van der Waals surface area contributed by atoms with E-state index < -0.39 is 0 Å². The van der Waals surface area contributed by atoms with Crippen LogP contribution in [0, 0.1) is 0 Å². The van der Waals surface area contributed by atoms with Crippen molar-refractivity contribution in [3.05, 3.63) is 53.9 Å². The van der Waals surface area contributed by atoms with E-state index in [0.29, 0.717) is 34.1 Å². The van der Waals surface area contributed by atoms with Gasteiger partial charge in [0.2, 0.25) is 0 Å². The van der Waals surface area contributed by atoms with Gasteiger partial charge in [0, 0.05) is 12.8 Å². The first-order chi connectivity index (χ1) is 17.5. The monoisotopic (exact) mass is 494 g/mol. The molecule has 12 nitrogen and oxygen atoms in total. The summed E-state index contributed by atoms with van der Waals surface area (Å²) >= 11 is 0. The Morgan fingerprint density at radius 3 is 1.97 bits per heavy atom. The van der Waals surface area contributed by atoms with Gasteiger partial charge in [0.15, 0.2) is 23.0 Å². The SMILES string of the molecule is CCC(=O)Oc1ccc(C=NNc2nncn2N=Cc2ccc(OC(=O)CC)c(OC)c2)cc1OC. The highest BCUT2D eigenvalue weighted by molar-refractivity contribution is 5.83. The number of nitrogens with zero attached hydrogens (tertiary/aromatic N) is 5. The Labute approximate surface area is 207 Å². The summed E-state index contributed by atoms with van der Waals surface area (Å²) in [4.78, 5) is 23.1. The fraction of sp³-hybridized carbons (Fsp3) is 0.250. The summed E-state index contributed by atoms with van der Waals surface area (Å²) in [6.07, 6.45) is 5.02. The van der Waals surface area contributed by atoms with Crippen molar-refractivity contribution in [1.82, 2.24) is 14.9 Å². The van der Waals surface area contributed by atoms with Gasteiger partial charge in [-0.2, -0.15) is 14.9 Å². The Balaban J connectivity index is 1.68. The van der Waals surface area contributed by atoms with Gasteiger partial charge >= 0.3 is 11.9 Å². The summed E-state index contributed by atoms with van der Waals surface area (Å²) in [5.74, 6) is 1.02. The van der Waals surface area contributed by atoms with E-state index in [2.05, 4.69) is 25.8 Å². The maximum atomic E-state index is 11.6. The predicted molar refractivity (Wildman–Crippen MR) is 132 cm³/mol. The predicted octanol–water partition coefficient (Wildman–Crippen LogP) is 3.25. The topological polar surface area (TPSA) is 139 Å². The van der Waals surface area contributed by atoms with Gasteiger partial charge in [-0.05, 0) is 47.5 Å². The van der Waals surface area contributed by atoms with Crippen molar-refractivity contribution in [2.45, 2.75) is 26.7 Å². The minimum Gasteiger partial charge on any atom is -0.493 e. The molecular weight excluding hydrogens is 468 g/mol. The van der Waals surface area contributed by atoms with E-state index >= 15 is 0 Å². The van der Waals surface area contributed by atoms with Crippen molar-refractivity contribution in [3.63, 3.8) is 0 Å². The lowest BCUT2D eigenvalue weighted by molar-refractivity contribution is -0.135. The number of carbonyl (C=O) groups is 2. The summed E-state index contributed by atoms with van der Waals surface area (Å²) < 4.78 is 22.5. The maximum absolute atomic E-state index is 11.6. The highest BCUT2D eigenvalue weighted by Crippen LogP contribution is 2.29. The van der Waals surface area contributed by atoms with Gasteiger partial charge in [-0.25, -0.2) is 5.43 Å². The van der Waals surface area contributed by atoms with Crippen molar-refractivity contribution in [1.29, 1.82) is 0 Å².